The monoisotopic (exact) mass is 412 g/mol. The van der Waals surface area contributed by atoms with Gasteiger partial charge in [0.1, 0.15) is 0 Å². The molecule has 2 aromatic rings. The maximum absolute atomic E-state index is 13.1. The molecule has 0 saturated carbocycles. The van der Waals surface area contributed by atoms with Crippen molar-refractivity contribution in [2.75, 3.05) is 13.1 Å². The Bertz CT molecular complexity index is 1010. The van der Waals surface area contributed by atoms with E-state index in [2.05, 4.69) is 17.4 Å². The van der Waals surface area contributed by atoms with Crippen molar-refractivity contribution >= 4 is 15.9 Å². The second kappa shape index (κ2) is 8.28. The van der Waals surface area contributed by atoms with Gasteiger partial charge in [0.2, 0.25) is 10.0 Å². The molecule has 1 aliphatic carbocycles. The molecule has 1 N–H and O–H groups in total. The van der Waals surface area contributed by atoms with E-state index in [-0.39, 0.29) is 16.8 Å². The molecule has 29 heavy (non-hydrogen) atoms. The summed E-state index contributed by atoms with van der Waals surface area (Å²) >= 11 is 0. The summed E-state index contributed by atoms with van der Waals surface area (Å²) in [5.74, 6) is -0.204. The number of rotatable bonds is 4. The van der Waals surface area contributed by atoms with E-state index in [1.165, 1.54) is 11.1 Å². The fourth-order valence-corrected chi connectivity index (χ4v) is 6.12. The van der Waals surface area contributed by atoms with E-state index >= 15 is 0 Å². The van der Waals surface area contributed by atoms with Crippen molar-refractivity contribution in [3.63, 3.8) is 0 Å². The summed E-state index contributed by atoms with van der Waals surface area (Å²) in [4.78, 5) is 13.1. The lowest BCUT2D eigenvalue weighted by Gasteiger charge is -2.27. The molecule has 6 heteroatoms. The predicted molar refractivity (Wildman–Crippen MR) is 114 cm³/mol. The second-order valence-electron chi connectivity index (χ2n) is 8.13. The molecule has 1 amide bonds. The van der Waals surface area contributed by atoms with Crippen LogP contribution < -0.4 is 5.32 Å². The van der Waals surface area contributed by atoms with Crippen molar-refractivity contribution in [1.82, 2.24) is 9.62 Å². The van der Waals surface area contributed by atoms with Crippen LogP contribution in [-0.4, -0.2) is 37.8 Å². The van der Waals surface area contributed by atoms with Crippen molar-refractivity contribution in [3.05, 3.63) is 64.7 Å². The van der Waals surface area contributed by atoms with Crippen molar-refractivity contribution in [2.45, 2.75) is 56.4 Å². The Kier molecular flexibility index (Phi) is 5.74. The van der Waals surface area contributed by atoms with E-state index in [0.29, 0.717) is 24.2 Å². The maximum atomic E-state index is 13.1. The van der Waals surface area contributed by atoms with Crippen LogP contribution >= 0.6 is 0 Å². The lowest BCUT2D eigenvalue weighted by molar-refractivity contribution is 0.0933. The van der Waals surface area contributed by atoms with Crippen LogP contribution in [0.3, 0.4) is 0 Å². The molecule has 1 saturated heterocycles. The number of aryl methyl sites for hydroxylation is 2. The molecule has 0 radical (unpaired) electrons. The normalized spacial score (nSPS) is 20.1. The summed E-state index contributed by atoms with van der Waals surface area (Å²) in [7, 11) is -3.57. The zero-order valence-corrected chi connectivity index (χ0v) is 17.7. The van der Waals surface area contributed by atoms with Crippen LogP contribution in [-0.2, 0) is 22.9 Å². The van der Waals surface area contributed by atoms with E-state index in [1.807, 2.05) is 12.1 Å². The number of piperidine rings is 1. The SMILES string of the molecule is Cc1ccc(C(=O)NC2CCc3ccccc3C2)cc1S(=O)(=O)N1CCCCC1. The first kappa shape index (κ1) is 20.1. The molecule has 1 aliphatic heterocycles. The highest BCUT2D eigenvalue weighted by molar-refractivity contribution is 7.89. The number of nitrogens with one attached hydrogen (secondary N) is 1. The highest BCUT2D eigenvalue weighted by atomic mass is 32.2. The van der Waals surface area contributed by atoms with Crippen LogP contribution in [0.15, 0.2) is 47.4 Å². The van der Waals surface area contributed by atoms with Gasteiger partial charge in [-0.15, -0.1) is 0 Å². The van der Waals surface area contributed by atoms with E-state index in [0.717, 1.165) is 38.5 Å². The first-order valence-electron chi connectivity index (χ1n) is 10.4. The molecule has 5 nitrogen and oxygen atoms in total. The Labute approximate surface area is 173 Å². The van der Waals surface area contributed by atoms with Gasteiger partial charge < -0.3 is 5.32 Å². The Morgan fingerprint density at radius 3 is 2.52 bits per heavy atom. The quantitative estimate of drug-likeness (QED) is 0.836. The van der Waals surface area contributed by atoms with Gasteiger partial charge in [-0.1, -0.05) is 36.8 Å². The van der Waals surface area contributed by atoms with Crippen molar-refractivity contribution in [1.29, 1.82) is 0 Å². The van der Waals surface area contributed by atoms with Crippen molar-refractivity contribution in [3.8, 4) is 0 Å². The summed E-state index contributed by atoms with van der Waals surface area (Å²) in [5.41, 5.74) is 3.72. The smallest absolute Gasteiger partial charge is 0.251 e. The van der Waals surface area contributed by atoms with Crippen LogP contribution in [0.4, 0.5) is 0 Å². The van der Waals surface area contributed by atoms with Crippen LogP contribution in [0.25, 0.3) is 0 Å². The molecule has 1 heterocycles. The van der Waals surface area contributed by atoms with Crippen LogP contribution in [0, 0.1) is 6.92 Å². The van der Waals surface area contributed by atoms with E-state index < -0.39 is 10.0 Å². The minimum Gasteiger partial charge on any atom is -0.349 e. The first-order chi connectivity index (χ1) is 13.9. The Morgan fingerprint density at radius 2 is 1.76 bits per heavy atom. The van der Waals surface area contributed by atoms with Gasteiger partial charge in [-0.05, 0) is 67.9 Å². The lowest BCUT2D eigenvalue weighted by Crippen LogP contribution is -2.39. The molecule has 1 atom stereocenters. The van der Waals surface area contributed by atoms with Crippen molar-refractivity contribution in [2.24, 2.45) is 0 Å². The predicted octanol–water partition coefficient (Wildman–Crippen LogP) is 3.46. The Hall–Kier alpha value is -2.18. The van der Waals surface area contributed by atoms with Crippen molar-refractivity contribution < 1.29 is 13.2 Å². The van der Waals surface area contributed by atoms with Gasteiger partial charge in [-0.3, -0.25) is 4.79 Å². The Morgan fingerprint density at radius 1 is 1.03 bits per heavy atom. The molecule has 0 bridgehead atoms. The molecule has 4 rings (SSSR count). The molecule has 0 spiro atoms. The van der Waals surface area contributed by atoms with Crippen LogP contribution in [0.2, 0.25) is 0 Å². The van der Waals surface area contributed by atoms with Gasteiger partial charge in [0.05, 0.1) is 4.90 Å². The fourth-order valence-electron chi connectivity index (χ4n) is 4.35. The summed E-state index contributed by atoms with van der Waals surface area (Å²) in [6.07, 6.45) is 5.51. The standard InChI is InChI=1S/C23H28N2O3S/c1-17-9-10-20(16-22(17)29(27,28)25-13-5-2-6-14-25)23(26)24-21-12-11-18-7-3-4-8-19(18)15-21/h3-4,7-10,16,21H,2,5-6,11-15H2,1H3,(H,24,26). The summed E-state index contributed by atoms with van der Waals surface area (Å²) in [6.45, 7) is 2.90. The first-order valence-corrected chi connectivity index (χ1v) is 11.9. The zero-order valence-electron chi connectivity index (χ0n) is 16.9. The molecule has 0 aromatic heterocycles. The molecule has 2 aliphatic rings. The van der Waals surface area contributed by atoms with E-state index in [4.69, 9.17) is 0 Å². The molecular weight excluding hydrogens is 384 g/mol. The van der Waals surface area contributed by atoms with Gasteiger partial charge in [-0.25, -0.2) is 8.42 Å². The van der Waals surface area contributed by atoms with Gasteiger partial charge in [0.15, 0.2) is 0 Å². The van der Waals surface area contributed by atoms with Crippen LogP contribution in [0.5, 0.6) is 0 Å². The second-order valence-corrected chi connectivity index (χ2v) is 10.0. The number of carbonyl (C=O) groups is 1. The summed E-state index contributed by atoms with van der Waals surface area (Å²) < 4.78 is 27.8. The summed E-state index contributed by atoms with van der Waals surface area (Å²) in [6, 6.07) is 13.4. The minimum absolute atomic E-state index is 0.0702. The topological polar surface area (TPSA) is 66.5 Å². The van der Waals surface area contributed by atoms with Gasteiger partial charge in [-0.2, -0.15) is 4.31 Å². The van der Waals surface area contributed by atoms with Crippen LogP contribution in [0.1, 0.15) is 52.7 Å². The zero-order chi connectivity index (χ0) is 20.4. The average Bonchev–Trinajstić information content (AvgIpc) is 2.74. The molecule has 154 valence electrons. The highest BCUT2D eigenvalue weighted by Crippen LogP contribution is 2.25. The molecular formula is C23H28N2O3S. The molecule has 1 fully saturated rings. The highest BCUT2D eigenvalue weighted by Gasteiger charge is 2.28. The largest absolute Gasteiger partial charge is 0.349 e. The summed E-state index contributed by atoms with van der Waals surface area (Å²) in [5, 5.41) is 3.11. The number of hydrogen-bond acceptors (Lipinski definition) is 3. The Balaban J connectivity index is 1.52. The molecule has 1 unspecified atom stereocenters. The van der Waals surface area contributed by atoms with E-state index in [9.17, 15) is 13.2 Å². The number of hydrogen-bond donors (Lipinski definition) is 1. The molecule has 2 aromatic carbocycles. The van der Waals surface area contributed by atoms with Gasteiger partial charge >= 0.3 is 0 Å². The number of carbonyl (C=O) groups excluding carboxylic acids is 1. The number of benzene rings is 2. The number of nitrogens with zero attached hydrogens (tertiary/aromatic N) is 1. The fraction of sp³-hybridized carbons (Fsp3) is 0.435. The number of sulfonamides is 1. The average molecular weight is 413 g/mol. The van der Waals surface area contributed by atoms with E-state index in [1.54, 1.807) is 29.4 Å². The third kappa shape index (κ3) is 4.23. The maximum Gasteiger partial charge on any atom is 0.251 e. The third-order valence-electron chi connectivity index (χ3n) is 6.07. The lowest BCUT2D eigenvalue weighted by atomic mass is 9.88. The third-order valence-corrected chi connectivity index (χ3v) is 8.11. The van der Waals surface area contributed by atoms with Gasteiger partial charge in [0, 0.05) is 24.7 Å². The number of amides is 1. The van der Waals surface area contributed by atoms with Gasteiger partial charge in [0.25, 0.3) is 5.91 Å². The number of fused-ring (bicyclic) bond motifs is 1. The minimum atomic E-state index is -3.57.